The summed E-state index contributed by atoms with van der Waals surface area (Å²) in [7, 11) is 0. The van der Waals surface area contributed by atoms with Crippen LogP contribution in [0.2, 0.25) is 0 Å². The summed E-state index contributed by atoms with van der Waals surface area (Å²) >= 11 is 0. The Balaban J connectivity index is 2.78. The van der Waals surface area contributed by atoms with Crippen LogP contribution in [0.4, 0.5) is 0 Å². The molecule has 16 heavy (non-hydrogen) atoms. The van der Waals surface area contributed by atoms with Crippen LogP contribution in [-0.2, 0) is 13.0 Å². The Morgan fingerprint density at radius 1 is 1.56 bits per heavy atom. The van der Waals surface area contributed by atoms with E-state index in [9.17, 15) is 4.79 Å². The summed E-state index contributed by atoms with van der Waals surface area (Å²) in [6.07, 6.45) is 0.611. The molecule has 2 N–H and O–H groups in total. The minimum absolute atomic E-state index is 0.194. The third-order valence-corrected chi connectivity index (χ3v) is 2.23. The number of carbonyl (C=O) groups excluding carboxylic acids is 1. The SMILES string of the molecule is CCc1onc(C(=O)NCC(C)C)c1CO. The van der Waals surface area contributed by atoms with Crippen LogP contribution < -0.4 is 5.32 Å². The number of amides is 1. The number of rotatable bonds is 5. The number of nitrogens with one attached hydrogen (secondary N) is 1. The number of hydrogen-bond acceptors (Lipinski definition) is 4. The molecule has 0 aliphatic carbocycles. The molecule has 5 heteroatoms. The number of hydrogen-bond donors (Lipinski definition) is 2. The highest BCUT2D eigenvalue weighted by Gasteiger charge is 2.19. The molecule has 0 saturated carbocycles. The van der Waals surface area contributed by atoms with Gasteiger partial charge in [0.05, 0.1) is 12.2 Å². The van der Waals surface area contributed by atoms with Gasteiger partial charge in [-0.1, -0.05) is 25.9 Å². The molecule has 0 aromatic carbocycles. The van der Waals surface area contributed by atoms with Crippen molar-refractivity contribution >= 4 is 5.91 Å². The van der Waals surface area contributed by atoms with E-state index in [0.29, 0.717) is 30.2 Å². The molecule has 0 bridgehead atoms. The maximum absolute atomic E-state index is 11.7. The Morgan fingerprint density at radius 3 is 2.75 bits per heavy atom. The van der Waals surface area contributed by atoms with E-state index in [0.717, 1.165) is 0 Å². The van der Waals surface area contributed by atoms with Gasteiger partial charge in [0.15, 0.2) is 5.69 Å². The van der Waals surface area contributed by atoms with E-state index in [2.05, 4.69) is 10.5 Å². The second-order valence-corrected chi connectivity index (χ2v) is 4.05. The number of aliphatic hydroxyl groups excluding tert-OH is 1. The van der Waals surface area contributed by atoms with Crippen molar-refractivity contribution in [2.75, 3.05) is 6.54 Å². The normalized spacial score (nSPS) is 10.8. The zero-order valence-corrected chi connectivity index (χ0v) is 9.91. The lowest BCUT2D eigenvalue weighted by Gasteiger charge is -2.06. The molecule has 90 valence electrons. The van der Waals surface area contributed by atoms with Crippen molar-refractivity contribution in [3.8, 4) is 0 Å². The van der Waals surface area contributed by atoms with Gasteiger partial charge < -0.3 is 14.9 Å². The Morgan fingerprint density at radius 2 is 2.25 bits per heavy atom. The molecular formula is C11H18N2O3. The average Bonchev–Trinajstić information content (AvgIpc) is 2.68. The van der Waals surface area contributed by atoms with Crippen molar-refractivity contribution in [3.05, 3.63) is 17.0 Å². The van der Waals surface area contributed by atoms with Gasteiger partial charge in [-0.15, -0.1) is 0 Å². The van der Waals surface area contributed by atoms with Gasteiger partial charge in [0.1, 0.15) is 5.76 Å². The summed E-state index contributed by atoms with van der Waals surface area (Å²) in [4.78, 5) is 11.7. The van der Waals surface area contributed by atoms with Crippen LogP contribution >= 0.6 is 0 Å². The van der Waals surface area contributed by atoms with Gasteiger partial charge in [0.25, 0.3) is 5.91 Å². The minimum atomic E-state index is -0.291. The van der Waals surface area contributed by atoms with Gasteiger partial charge >= 0.3 is 0 Å². The number of aliphatic hydroxyl groups is 1. The second-order valence-electron chi connectivity index (χ2n) is 4.05. The van der Waals surface area contributed by atoms with Crippen LogP contribution in [0.5, 0.6) is 0 Å². The van der Waals surface area contributed by atoms with E-state index in [1.807, 2.05) is 20.8 Å². The maximum atomic E-state index is 11.7. The van der Waals surface area contributed by atoms with Crippen molar-refractivity contribution in [2.24, 2.45) is 5.92 Å². The quantitative estimate of drug-likeness (QED) is 0.788. The first-order chi connectivity index (χ1) is 7.60. The first kappa shape index (κ1) is 12.7. The fourth-order valence-electron chi connectivity index (χ4n) is 1.34. The summed E-state index contributed by atoms with van der Waals surface area (Å²) in [5, 5.41) is 15.6. The lowest BCUT2D eigenvalue weighted by Crippen LogP contribution is -2.28. The van der Waals surface area contributed by atoms with Crippen molar-refractivity contribution < 1.29 is 14.4 Å². The molecule has 0 atom stereocenters. The monoisotopic (exact) mass is 226 g/mol. The first-order valence-electron chi connectivity index (χ1n) is 5.46. The summed E-state index contributed by atoms with van der Waals surface area (Å²) in [6, 6.07) is 0. The lowest BCUT2D eigenvalue weighted by atomic mass is 10.1. The Hall–Kier alpha value is -1.36. The molecule has 1 rings (SSSR count). The maximum Gasteiger partial charge on any atom is 0.273 e. The van der Waals surface area contributed by atoms with Gasteiger partial charge in [-0.2, -0.15) is 0 Å². The topological polar surface area (TPSA) is 75.4 Å². The predicted octanol–water partition coefficient (Wildman–Crippen LogP) is 1.12. The van der Waals surface area contributed by atoms with E-state index in [-0.39, 0.29) is 18.2 Å². The lowest BCUT2D eigenvalue weighted by molar-refractivity contribution is 0.0937. The molecule has 0 radical (unpaired) electrons. The molecule has 5 nitrogen and oxygen atoms in total. The fourth-order valence-corrected chi connectivity index (χ4v) is 1.34. The van der Waals surface area contributed by atoms with E-state index in [1.165, 1.54) is 0 Å². The second kappa shape index (κ2) is 5.65. The van der Waals surface area contributed by atoms with Crippen LogP contribution in [0.3, 0.4) is 0 Å². The Kier molecular flexibility index (Phi) is 4.49. The van der Waals surface area contributed by atoms with Gasteiger partial charge in [0, 0.05) is 13.0 Å². The highest BCUT2D eigenvalue weighted by Crippen LogP contribution is 2.14. The number of carbonyl (C=O) groups is 1. The van der Waals surface area contributed by atoms with Crippen molar-refractivity contribution in [3.63, 3.8) is 0 Å². The van der Waals surface area contributed by atoms with Gasteiger partial charge in [0.2, 0.25) is 0 Å². The van der Waals surface area contributed by atoms with Crippen LogP contribution in [0, 0.1) is 5.92 Å². The van der Waals surface area contributed by atoms with Gasteiger partial charge in [-0.05, 0) is 5.92 Å². The molecule has 1 aromatic rings. The van der Waals surface area contributed by atoms with Gasteiger partial charge in [-0.25, -0.2) is 0 Å². The largest absolute Gasteiger partial charge is 0.391 e. The fraction of sp³-hybridized carbons (Fsp3) is 0.636. The third-order valence-electron chi connectivity index (χ3n) is 2.23. The molecule has 0 spiro atoms. The van der Waals surface area contributed by atoms with Gasteiger partial charge in [-0.3, -0.25) is 4.79 Å². The first-order valence-corrected chi connectivity index (χ1v) is 5.46. The summed E-state index contributed by atoms with van der Waals surface area (Å²) in [5.74, 6) is 0.650. The summed E-state index contributed by atoms with van der Waals surface area (Å²) in [6.45, 7) is 6.26. The molecule has 0 aliphatic heterocycles. The minimum Gasteiger partial charge on any atom is -0.391 e. The zero-order chi connectivity index (χ0) is 12.1. The highest BCUT2D eigenvalue weighted by molar-refractivity contribution is 5.93. The molecule has 1 amide bonds. The molecule has 0 aliphatic rings. The summed E-state index contributed by atoms with van der Waals surface area (Å²) in [5.41, 5.74) is 0.684. The van der Waals surface area contributed by atoms with E-state index in [4.69, 9.17) is 9.63 Å². The van der Waals surface area contributed by atoms with Crippen molar-refractivity contribution in [1.29, 1.82) is 0 Å². The summed E-state index contributed by atoms with van der Waals surface area (Å²) < 4.78 is 4.99. The Labute approximate surface area is 94.8 Å². The Bertz CT molecular complexity index is 358. The third kappa shape index (κ3) is 2.82. The van der Waals surface area contributed by atoms with E-state index < -0.39 is 0 Å². The highest BCUT2D eigenvalue weighted by atomic mass is 16.5. The number of nitrogens with zero attached hydrogens (tertiary/aromatic N) is 1. The van der Waals surface area contributed by atoms with Crippen LogP contribution in [0.1, 0.15) is 42.6 Å². The number of aryl methyl sites for hydroxylation is 1. The standard InChI is InChI=1S/C11H18N2O3/c1-4-9-8(6-14)10(13-16-9)11(15)12-5-7(2)3/h7,14H,4-6H2,1-3H3,(H,12,15). The van der Waals surface area contributed by atoms with Crippen molar-refractivity contribution in [2.45, 2.75) is 33.8 Å². The van der Waals surface area contributed by atoms with Crippen LogP contribution in [-0.4, -0.2) is 22.7 Å². The predicted molar refractivity (Wildman–Crippen MR) is 59.0 cm³/mol. The van der Waals surface area contributed by atoms with E-state index >= 15 is 0 Å². The van der Waals surface area contributed by atoms with Crippen molar-refractivity contribution in [1.82, 2.24) is 10.5 Å². The smallest absolute Gasteiger partial charge is 0.273 e. The zero-order valence-electron chi connectivity index (χ0n) is 9.91. The number of aromatic nitrogens is 1. The van der Waals surface area contributed by atoms with E-state index in [1.54, 1.807) is 0 Å². The molecule has 0 saturated heterocycles. The molecular weight excluding hydrogens is 208 g/mol. The average molecular weight is 226 g/mol. The molecule has 1 aromatic heterocycles. The molecule has 1 heterocycles. The van der Waals surface area contributed by atoms with Crippen LogP contribution in [0.25, 0.3) is 0 Å². The van der Waals surface area contributed by atoms with Crippen LogP contribution in [0.15, 0.2) is 4.52 Å². The molecule has 0 fully saturated rings. The molecule has 0 unspecified atom stereocenters.